The van der Waals surface area contributed by atoms with Crippen LogP contribution in [0.2, 0.25) is 0 Å². The fourth-order valence-corrected chi connectivity index (χ4v) is 6.17. The second kappa shape index (κ2) is 8.14. The summed E-state index contributed by atoms with van der Waals surface area (Å²) in [5.74, 6) is -0.173. The summed E-state index contributed by atoms with van der Waals surface area (Å²) in [5, 5.41) is 4.21. The number of anilines is 1. The molecule has 2 fully saturated rings. The molecule has 0 aromatic carbocycles. The fraction of sp³-hybridized carbons (Fsp3) is 0.632. The Morgan fingerprint density at radius 2 is 1.89 bits per heavy atom. The van der Waals surface area contributed by atoms with E-state index in [0.29, 0.717) is 0 Å². The van der Waals surface area contributed by atoms with Gasteiger partial charge in [0.1, 0.15) is 4.01 Å². The summed E-state index contributed by atoms with van der Waals surface area (Å²) in [5.41, 5.74) is 0.935. The number of thiophene rings is 1. The number of nitrogens with zero attached hydrogens (tertiary/aromatic N) is 2. The van der Waals surface area contributed by atoms with Gasteiger partial charge in [-0.1, -0.05) is 11.3 Å². The van der Waals surface area contributed by atoms with Crippen LogP contribution in [0.1, 0.15) is 54.6 Å². The first-order chi connectivity index (χ1) is 13.1. The first-order valence-electron chi connectivity index (χ1n) is 9.68. The lowest BCUT2D eigenvalue weighted by Gasteiger charge is -2.27. The molecule has 1 saturated carbocycles. The van der Waals surface area contributed by atoms with Crippen LogP contribution < -0.4 is 10.2 Å². The average molecular weight is 408 g/mol. The molecule has 27 heavy (non-hydrogen) atoms. The second-order valence-electron chi connectivity index (χ2n) is 7.37. The molecule has 1 aliphatic carbocycles. The van der Waals surface area contributed by atoms with Gasteiger partial charge in [-0.15, -0.1) is 11.3 Å². The van der Waals surface area contributed by atoms with E-state index in [0.717, 1.165) is 58.3 Å². The molecule has 1 aliphatic heterocycles. The summed E-state index contributed by atoms with van der Waals surface area (Å²) in [6.45, 7) is 2.17. The van der Waals surface area contributed by atoms with Crippen molar-refractivity contribution in [1.29, 1.82) is 0 Å². The third-order valence-electron chi connectivity index (χ3n) is 5.53. The van der Waals surface area contributed by atoms with Crippen LogP contribution in [0.25, 0.3) is 9.53 Å². The molecule has 8 heteroatoms. The summed E-state index contributed by atoms with van der Waals surface area (Å²) in [6.07, 6.45) is 6.97. The minimum Gasteiger partial charge on any atom is -0.469 e. The maximum absolute atomic E-state index is 12.6. The Bertz CT molecular complexity index is 786. The monoisotopic (exact) mass is 407 g/mol. The molecule has 2 aromatic rings. The number of amides is 1. The van der Waals surface area contributed by atoms with Crippen LogP contribution in [0.5, 0.6) is 0 Å². The smallest absolute Gasteiger partial charge is 0.308 e. The second-order valence-corrected chi connectivity index (χ2v) is 9.66. The molecule has 2 aliphatic rings. The maximum Gasteiger partial charge on any atom is 0.308 e. The van der Waals surface area contributed by atoms with Gasteiger partial charge in [-0.3, -0.25) is 9.59 Å². The molecule has 0 radical (unpaired) electrons. The molecule has 3 heterocycles. The van der Waals surface area contributed by atoms with Gasteiger partial charge in [-0.2, -0.15) is 0 Å². The largest absolute Gasteiger partial charge is 0.469 e. The zero-order chi connectivity index (χ0) is 18.8. The summed E-state index contributed by atoms with van der Waals surface area (Å²) in [4.78, 5) is 32.1. The van der Waals surface area contributed by atoms with Crippen molar-refractivity contribution in [2.24, 2.45) is 5.92 Å². The standard InChI is InChI=1S/C19H25N3O3S2/c1-25-17(24)12-5-7-13(8-6-12)20-16(23)15-11-14-18(26-15)27-19(21-14)22-9-3-2-4-10-22/h11-13H,2-10H2,1H3,(H,20,23). The van der Waals surface area contributed by atoms with Crippen LogP contribution in [-0.2, 0) is 9.53 Å². The van der Waals surface area contributed by atoms with Crippen molar-refractivity contribution in [3.05, 3.63) is 10.9 Å². The SMILES string of the molecule is COC(=O)C1CCC(NC(=O)c2cc3nc(N4CCCCC4)sc3s2)CC1. The normalized spacial score (nSPS) is 23.4. The quantitative estimate of drug-likeness (QED) is 0.781. The van der Waals surface area contributed by atoms with Gasteiger partial charge in [0.15, 0.2) is 5.13 Å². The Morgan fingerprint density at radius 1 is 1.15 bits per heavy atom. The highest BCUT2D eigenvalue weighted by molar-refractivity contribution is 7.40. The van der Waals surface area contributed by atoms with E-state index in [2.05, 4.69) is 10.2 Å². The van der Waals surface area contributed by atoms with Crippen molar-refractivity contribution in [1.82, 2.24) is 10.3 Å². The third-order valence-corrected chi connectivity index (χ3v) is 7.87. The van der Waals surface area contributed by atoms with Gasteiger partial charge in [0, 0.05) is 19.1 Å². The van der Waals surface area contributed by atoms with E-state index in [1.54, 1.807) is 11.3 Å². The predicted octanol–water partition coefficient (Wildman–Crippen LogP) is 3.81. The number of fused-ring (bicyclic) bond motifs is 1. The Kier molecular flexibility index (Phi) is 5.63. The topological polar surface area (TPSA) is 71.5 Å². The lowest BCUT2D eigenvalue weighted by molar-refractivity contribution is -0.146. The molecule has 2 aromatic heterocycles. The van der Waals surface area contributed by atoms with Crippen molar-refractivity contribution in [3.8, 4) is 0 Å². The minimum absolute atomic E-state index is 0.0207. The van der Waals surface area contributed by atoms with Gasteiger partial charge in [-0.25, -0.2) is 4.98 Å². The molecular formula is C19H25N3O3S2. The number of piperidine rings is 1. The van der Waals surface area contributed by atoms with Crippen molar-refractivity contribution in [2.45, 2.75) is 51.0 Å². The Hall–Kier alpha value is -1.67. The number of esters is 1. The fourth-order valence-electron chi connectivity index (χ4n) is 3.95. The van der Waals surface area contributed by atoms with Gasteiger partial charge >= 0.3 is 5.97 Å². The van der Waals surface area contributed by atoms with Crippen LogP contribution >= 0.6 is 22.7 Å². The molecule has 0 bridgehead atoms. The number of methoxy groups -OCH3 is 1. The zero-order valence-corrected chi connectivity index (χ0v) is 17.2. The van der Waals surface area contributed by atoms with Crippen molar-refractivity contribution in [2.75, 3.05) is 25.1 Å². The molecule has 4 rings (SSSR count). The summed E-state index contributed by atoms with van der Waals surface area (Å²) in [7, 11) is 1.43. The molecule has 0 unspecified atom stereocenters. The number of ether oxygens (including phenoxy) is 1. The minimum atomic E-state index is -0.131. The van der Waals surface area contributed by atoms with E-state index in [4.69, 9.17) is 9.72 Å². The molecule has 146 valence electrons. The number of carbonyl (C=O) groups excluding carboxylic acids is 2. The lowest BCUT2D eigenvalue weighted by Crippen LogP contribution is -2.38. The van der Waals surface area contributed by atoms with Crippen molar-refractivity contribution >= 4 is 49.2 Å². The number of rotatable bonds is 4. The number of hydrogen-bond donors (Lipinski definition) is 1. The highest BCUT2D eigenvalue weighted by Gasteiger charge is 2.28. The third kappa shape index (κ3) is 4.11. The Labute approximate surface area is 166 Å². The Morgan fingerprint density at radius 3 is 2.56 bits per heavy atom. The van der Waals surface area contributed by atoms with E-state index in [9.17, 15) is 9.59 Å². The van der Waals surface area contributed by atoms with Gasteiger partial charge in [-0.05, 0) is 51.0 Å². The molecule has 6 nitrogen and oxygen atoms in total. The number of aromatic nitrogens is 1. The van der Waals surface area contributed by atoms with E-state index in [1.807, 2.05) is 6.07 Å². The first kappa shape index (κ1) is 18.7. The van der Waals surface area contributed by atoms with Gasteiger partial charge < -0.3 is 15.0 Å². The van der Waals surface area contributed by atoms with E-state index < -0.39 is 0 Å². The van der Waals surface area contributed by atoms with Crippen molar-refractivity contribution < 1.29 is 14.3 Å². The number of hydrogen-bond acceptors (Lipinski definition) is 7. The summed E-state index contributed by atoms with van der Waals surface area (Å²) < 4.78 is 5.94. The van der Waals surface area contributed by atoms with Crippen LogP contribution in [0.4, 0.5) is 5.13 Å². The van der Waals surface area contributed by atoms with E-state index in [1.165, 1.54) is 37.7 Å². The maximum atomic E-state index is 12.6. The predicted molar refractivity (Wildman–Crippen MR) is 109 cm³/mol. The molecule has 1 N–H and O–H groups in total. The summed E-state index contributed by atoms with van der Waals surface area (Å²) >= 11 is 3.23. The summed E-state index contributed by atoms with van der Waals surface area (Å²) in [6, 6.07) is 2.05. The van der Waals surface area contributed by atoms with Crippen LogP contribution in [0.15, 0.2) is 6.07 Å². The van der Waals surface area contributed by atoms with Crippen LogP contribution in [-0.4, -0.2) is 43.1 Å². The van der Waals surface area contributed by atoms with Crippen molar-refractivity contribution in [3.63, 3.8) is 0 Å². The lowest BCUT2D eigenvalue weighted by atomic mass is 9.86. The Balaban J connectivity index is 1.36. The molecule has 1 amide bonds. The average Bonchev–Trinajstić information content (AvgIpc) is 3.28. The zero-order valence-electron chi connectivity index (χ0n) is 15.5. The van der Waals surface area contributed by atoms with E-state index in [-0.39, 0.29) is 23.8 Å². The molecule has 1 saturated heterocycles. The van der Waals surface area contributed by atoms with Crippen LogP contribution in [0.3, 0.4) is 0 Å². The molecular weight excluding hydrogens is 382 g/mol. The highest BCUT2D eigenvalue weighted by atomic mass is 32.2. The van der Waals surface area contributed by atoms with Gasteiger partial charge in [0.05, 0.1) is 23.4 Å². The van der Waals surface area contributed by atoms with Gasteiger partial charge in [0.2, 0.25) is 0 Å². The number of nitrogens with one attached hydrogen (secondary N) is 1. The van der Waals surface area contributed by atoms with E-state index >= 15 is 0 Å². The number of thiazole rings is 1. The van der Waals surface area contributed by atoms with Crippen LogP contribution in [0, 0.1) is 5.92 Å². The number of carbonyl (C=O) groups is 2. The highest BCUT2D eigenvalue weighted by Crippen LogP contribution is 2.36. The first-order valence-corrected chi connectivity index (χ1v) is 11.3. The molecule has 0 atom stereocenters. The molecule has 0 spiro atoms. The van der Waals surface area contributed by atoms with Gasteiger partial charge in [0.25, 0.3) is 5.91 Å².